The Hall–Kier alpha value is -2.81. The van der Waals surface area contributed by atoms with Gasteiger partial charge >= 0.3 is 5.97 Å². The van der Waals surface area contributed by atoms with E-state index in [2.05, 4.69) is 12.2 Å². The van der Waals surface area contributed by atoms with Crippen LogP contribution >= 0.6 is 0 Å². The lowest BCUT2D eigenvalue weighted by molar-refractivity contribution is -0.144. The zero-order valence-electron chi connectivity index (χ0n) is 16.2. The number of hydrogen-bond acceptors (Lipinski definition) is 5. The first kappa shape index (κ1) is 20.5. The van der Waals surface area contributed by atoms with E-state index in [1.165, 1.54) is 12.5 Å². The van der Waals surface area contributed by atoms with Crippen molar-refractivity contribution in [2.75, 3.05) is 25.6 Å². The van der Waals surface area contributed by atoms with E-state index in [0.29, 0.717) is 5.92 Å². The molecule has 0 spiro atoms. The van der Waals surface area contributed by atoms with Crippen LogP contribution in [0.1, 0.15) is 38.2 Å². The highest BCUT2D eigenvalue weighted by atomic mass is 16.5. The maximum atomic E-state index is 12.1. The Morgan fingerprint density at radius 2 is 1.93 bits per heavy atom. The van der Waals surface area contributed by atoms with E-state index >= 15 is 0 Å². The van der Waals surface area contributed by atoms with Gasteiger partial charge in [-0.05, 0) is 42.5 Å². The molecule has 6 nitrogen and oxygen atoms in total. The van der Waals surface area contributed by atoms with E-state index in [0.717, 1.165) is 30.5 Å². The molecule has 0 unspecified atom stereocenters. The molecular formula is C21H27N3O3. The number of amides is 1. The molecule has 0 radical (unpaired) electrons. The number of hydrogen-bond donors (Lipinski definition) is 1. The van der Waals surface area contributed by atoms with E-state index in [1.807, 2.05) is 49.3 Å². The average Bonchev–Trinajstić information content (AvgIpc) is 2.66. The topological polar surface area (TPSA) is 82.4 Å². The van der Waals surface area contributed by atoms with Crippen molar-refractivity contribution in [1.82, 2.24) is 5.32 Å². The van der Waals surface area contributed by atoms with Crippen molar-refractivity contribution < 1.29 is 14.3 Å². The molecule has 0 aliphatic heterocycles. The fourth-order valence-corrected chi connectivity index (χ4v) is 3.16. The summed E-state index contributed by atoms with van der Waals surface area (Å²) < 4.78 is 5.02. The first-order chi connectivity index (χ1) is 12.9. The Morgan fingerprint density at radius 1 is 1.26 bits per heavy atom. The first-order valence-corrected chi connectivity index (χ1v) is 9.26. The average molecular weight is 369 g/mol. The van der Waals surface area contributed by atoms with Crippen LogP contribution in [0, 0.1) is 17.2 Å². The Bertz CT molecular complexity index is 732. The molecule has 6 heteroatoms. The van der Waals surface area contributed by atoms with Gasteiger partial charge in [0.2, 0.25) is 0 Å². The molecule has 144 valence electrons. The molecule has 1 aliphatic carbocycles. The summed E-state index contributed by atoms with van der Waals surface area (Å²) in [6, 6.07) is 9.40. The van der Waals surface area contributed by atoms with Crippen molar-refractivity contribution in [1.29, 1.82) is 5.26 Å². The van der Waals surface area contributed by atoms with E-state index < -0.39 is 5.97 Å². The molecule has 1 fully saturated rings. The molecular weight excluding hydrogens is 342 g/mol. The van der Waals surface area contributed by atoms with Crippen LogP contribution in [0.15, 0.2) is 29.8 Å². The van der Waals surface area contributed by atoms with Gasteiger partial charge in [-0.3, -0.25) is 4.79 Å². The fourth-order valence-electron chi connectivity index (χ4n) is 3.16. The number of carbonyl (C=O) groups excluding carboxylic acids is 2. The summed E-state index contributed by atoms with van der Waals surface area (Å²) >= 11 is 0. The van der Waals surface area contributed by atoms with Crippen LogP contribution in [0.25, 0.3) is 6.08 Å². The Balaban J connectivity index is 1.90. The van der Waals surface area contributed by atoms with E-state index in [-0.39, 0.29) is 24.1 Å². The molecule has 2 atom stereocenters. The second-order valence-corrected chi connectivity index (χ2v) is 7.17. The summed E-state index contributed by atoms with van der Waals surface area (Å²) in [6.07, 6.45) is 5.80. The number of rotatable bonds is 6. The SMILES string of the molecule is C[C@H]1CCCC[C@@H]1NC(=O)COC(=O)/C(C#N)=C/c1ccc(N(C)C)cc1. The summed E-state index contributed by atoms with van der Waals surface area (Å²) in [7, 11) is 3.87. The van der Waals surface area contributed by atoms with Crippen LogP contribution in [0.3, 0.4) is 0 Å². The highest BCUT2D eigenvalue weighted by molar-refractivity contribution is 5.98. The van der Waals surface area contributed by atoms with Crippen LogP contribution in [-0.4, -0.2) is 38.6 Å². The summed E-state index contributed by atoms with van der Waals surface area (Å²) in [6.45, 7) is 1.74. The molecule has 0 aromatic heterocycles. The lowest BCUT2D eigenvalue weighted by Gasteiger charge is -2.29. The third-order valence-corrected chi connectivity index (χ3v) is 4.85. The third-order valence-electron chi connectivity index (χ3n) is 4.85. The van der Waals surface area contributed by atoms with Crippen LogP contribution in [0.5, 0.6) is 0 Å². The van der Waals surface area contributed by atoms with E-state index in [1.54, 1.807) is 0 Å². The van der Waals surface area contributed by atoms with Crippen molar-refractivity contribution in [3.63, 3.8) is 0 Å². The normalized spacial score (nSPS) is 19.7. The summed E-state index contributed by atoms with van der Waals surface area (Å²) in [4.78, 5) is 26.1. The van der Waals surface area contributed by atoms with Crippen LogP contribution in [-0.2, 0) is 14.3 Å². The first-order valence-electron chi connectivity index (χ1n) is 9.26. The Kier molecular flexibility index (Phi) is 7.42. The number of esters is 1. The number of nitrogens with zero attached hydrogens (tertiary/aromatic N) is 2. The molecule has 0 saturated heterocycles. The van der Waals surface area contributed by atoms with Gasteiger partial charge in [0.05, 0.1) is 0 Å². The van der Waals surface area contributed by atoms with Gasteiger partial charge in [-0.25, -0.2) is 4.79 Å². The van der Waals surface area contributed by atoms with Crippen molar-refractivity contribution in [2.24, 2.45) is 5.92 Å². The maximum Gasteiger partial charge on any atom is 0.349 e. The van der Waals surface area contributed by atoms with Gasteiger partial charge in [-0.2, -0.15) is 5.26 Å². The second-order valence-electron chi connectivity index (χ2n) is 7.17. The predicted octanol–water partition coefficient (Wildman–Crippen LogP) is 2.90. The number of nitrogens with one attached hydrogen (secondary N) is 1. The summed E-state index contributed by atoms with van der Waals surface area (Å²) in [5, 5.41) is 12.2. The fraction of sp³-hybridized carbons (Fsp3) is 0.476. The zero-order chi connectivity index (χ0) is 19.8. The minimum Gasteiger partial charge on any atom is -0.451 e. The van der Waals surface area contributed by atoms with Crippen molar-refractivity contribution in [2.45, 2.75) is 38.6 Å². The van der Waals surface area contributed by atoms with E-state index in [9.17, 15) is 14.9 Å². The molecule has 1 N–H and O–H groups in total. The van der Waals surface area contributed by atoms with Gasteiger partial charge in [0, 0.05) is 25.8 Å². The number of ether oxygens (including phenoxy) is 1. The molecule has 0 heterocycles. The van der Waals surface area contributed by atoms with E-state index in [4.69, 9.17) is 4.74 Å². The van der Waals surface area contributed by atoms with Gasteiger partial charge in [-0.1, -0.05) is 31.9 Å². The minimum absolute atomic E-state index is 0.131. The molecule has 1 aliphatic rings. The molecule has 1 amide bonds. The van der Waals surface area contributed by atoms with Crippen LogP contribution < -0.4 is 10.2 Å². The summed E-state index contributed by atoms with van der Waals surface area (Å²) in [5.41, 5.74) is 1.60. The number of benzene rings is 1. The summed E-state index contributed by atoms with van der Waals surface area (Å²) in [5.74, 6) is -0.686. The molecule has 1 aromatic carbocycles. The van der Waals surface area contributed by atoms with Crippen molar-refractivity contribution in [3.05, 3.63) is 35.4 Å². The quantitative estimate of drug-likeness (QED) is 0.474. The molecule has 27 heavy (non-hydrogen) atoms. The standard InChI is InChI=1S/C21H27N3O3/c1-15-6-4-5-7-19(15)23-20(25)14-27-21(26)17(13-22)12-16-8-10-18(11-9-16)24(2)3/h8-12,15,19H,4-7,14H2,1-3H3,(H,23,25)/b17-12+/t15-,19-/m0/s1. The van der Waals surface area contributed by atoms with Gasteiger partial charge in [0.15, 0.2) is 6.61 Å². The van der Waals surface area contributed by atoms with Gasteiger partial charge < -0.3 is 15.0 Å². The highest BCUT2D eigenvalue weighted by Crippen LogP contribution is 2.23. The van der Waals surface area contributed by atoms with Gasteiger partial charge in [0.1, 0.15) is 11.6 Å². The molecule has 2 rings (SSSR count). The molecule has 1 aromatic rings. The van der Waals surface area contributed by atoms with Crippen molar-refractivity contribution in [3.8, 4) is 6.07 Å². The number of nitriles is 1. The van der Waals surface area contributed by atoms with Crippen LogP contribution in [0.2, 0.25) is 0 Å². The molecule has 1 saturated carbocycles. The smallest absolute Gasteiger partial charge is 0.349 e. The number of anilines is 1. The number of carbonyl (C=O) groups is 2. The lowest BCUT2D eigenvalue weighted by Crippen LogP contribution is -2.42. The van der Waals surface area contributed by atoms with Crippen LogP contribution in [0.4, 0.5) is 5.69 Å². The largest absolute Gasteiger partial charge is 0.451 e. The second kappa shape index (κ2) is 9.77. The Labute approximate surface area is 160 Å². The highest BCUT2D eigenvalue weighted by Gasteiger charge is 2.23. The molecule has 0 bridgehead atoms. The Morgan fingerprint density at radius 3 is 2.52 bits per heavy atom. The monoisotopic (exact) mass is 369 g/mol. The lowest BCUT2D eigenvalue weighted by atomic mass is 9.86. The third kappa shape index (κ3) is 6.14. The van der Waals surface area contributed by atoms with Gasteiger partial charge in [0.25, 0.3) is 5.91 Å². The predicted molar refractivity (Wildman–Crippen MR) is 105 cm³/mol. The zero-order valence-corrected chi connectivity index (χ0v) is 16.2. The van der Waals surface area contributed by atoms with Gasteiger partial charge in [-0.15, -0.1) is 0 Å². The van der Waals surface area contributed by atoms with Crippen molar-refractivity contribution >= 4 is 23.6 Å². The minimum atomic E-state index is -0.791. The maximum absolute atomic E-state index is 12.1.